The van der Waals surface area contributed by atoms with Gasteiger partial charge in [0.1, 0.15) is 0 Å². The van der Waals surface area contributed by atoms with Gasteiger partial charge in [-0.2, -0.15) is 0 Å². The number of rotatable bonds is 4. The number of alkyl halides is 1. The van der Waals surface area contributed by atoms with Gasteiger partial charge in [-0.15, -0.1) is 0 Å². The Balaban J connectivity index is 2.01. The molecule has 3 rings (SSSR count). The van der Waals surface area contributed by atoms with Crippen molar-refractivity contribution in [2.75, 3.05) is 0 Å². The van der Waals surface area contributed by atoms with Crippen LogP contribution < -0.4 is 0 Å². The van der Waals surface area contributed by atoms with Crippen molar-refractivity contribution in [3.63, 3.8) is 0 Å². The van der Waals surface area contributed by atoms with Gasteiger partial charge in [0.25, 0.3) is 5.67 Å². The number of carbonyl (C=O) groups is 1. The molecule has 1 N–H and O–H groups in total. The van der Waals surface area contributed by atoms with Gasteiger partial charge in [0.15, 0.2) is 0 Å². The molecule has 0 aliphatic heterocycles. The van der Waals surface area contributed by atoms with Gasteiger partial charge < -0.3 is 5.11 Å². The first kappa shape index (κ1) is 14.2. The monoisotopic (exact) mass is 295 g/mol. The molecule has 1 heterocycles. The second-order valence-electron chi connectivity index (χ2n) is 5.18. The van der Waals surface area contributed by atoms with Gasteiger partial charge in [-0.3, -0.25) is 4.98 Å². The van der Waals surface area contributed by atoms with Crippen LogP contribution in [0.4, 0.5) is 4.39 Å². The molecule has 110 valence electrons. The second kappa shape index (κ2) is 5.56. The predicted octanol–water partition coefficient (Wildman–Crippen LogP) is 3.73. The number of halogens is 1. The third-order valence-corrected chi connectivity index (χ3v) is 3.67. The molecule has 0 amide bonds. The molecule has 2 aromatic carbocycles. The van der Waals surface area contributed by atoms with E-state index in [1.165, 1.54) is 12.3 Å². The van der Waals surface area contributed by atoms with Gasteiger partial charge in [-0.1, -0.05) is 48.5 Å². The average Bonchev–Trinajstić information content (AvgIpc) is 2.55. The van der Waals surface area contributed by atoms with Crippen LogP contribution in [0.15, 0.2) is 66.9 Å². The lowest BCUT2D eigenvalue weighted by Gasteiger charge is -2.20. The molecule has 0 aliphatic rings. The number of nitrogens with zero attached hydrogens (tertiary/aromatic N) is 1. The van der Waals surface area contributed by atoms with E-state index in [9.17, 15) is 9.90 Å². The van der Waals surface area contributed by atoms with Gasteiger partial charge in [-0.25, -0.2) is 9.18 Å². The fourth-order valence-electron chi connectivity index (χ4n) is 2.50. The summed E-state index contributed by atoms with van der Waals surface area (Å²) in [6.07, 6.45) is 1.14. The minimum Gasteiger partial charge on any atom is -0.479 e. The van der Waals surface area contributed by atoms with Gasteiger partial charge in [0.05, 0.1) is 5.69 Å². The number of fused-ring (bicyclic) bond motifs is 1. The summed E-state index contributed by atoms with van der Waals surface area (Å²) >= 11 is 0. The highest BCUT2D eigenvalue weighted by Crippen LogP contribution is 2.30. The molecule has 0 saturated carbocycles. The second-order valence-corrected chi connectivity index (χ2v) is 5.18. The minimum atomic E-state index is -2.54. The number of aromatic nitrogens is 1. The van der Waals surface area contributed by atoms with Crippen LogP contribution in [0.3, 0.4) is 0 Å². The topological polar surface area (TPSA) is 50.2 Å². The van der Waals surface area contributed by atoms with Crippen molar-refractivity contribution < 1.29 is 14.3 Å². The van der Waals surface area contributed by atoms with Crippen LogP contribution in [0.1, 0.15) is 11.3 Å². The van der Waals surface area contributed by atoms with Crippen LogP contribution in [0.2, 0.25) is 0 Å². The summed E-state index contributed by atoms with van der Waals surface area (Å²) in [5.41, 5.74) is -2.01. The lowest BCUT2D eigenvalue weighted by molar-refractivity contribution is -0.151. The quantitative estimate of drug-likeness (QED) is 0.798. The van der Waals surface area contributed by atoms with Crippen LogP contribution in [-0.4, -0.2) is 16.1 Å². The summed E-state index contributed by atoms with van der Waals surface area (Å²) < 4.78 is 15.1. The summed E-state index contributed by atoms with van der Waals surface area (Å²) in [6.45, 7) is 0. The highest BCUT2D eigenvalue weighted by molar-refractivity contribution is 5.84. The zero-order chi connectivity index (χ0) is 15.6. The molecule has 3 nitrogen and oxygen atoms in total. The summed E-state index contributed by atoms with van der Waals surface area (Å²) in [7, 11) is 0. The Morgan fingerprint density at radius 2 is 1.77 bits per heavy atom. The number of hydrogen-bond acceptors (Lipinski definition) is 2. The van der Waals surface area contributed by atoms with Crippen LogP contribution in [0.5, 0.6) is 0 Å². The van der Waals surface area contributed by atoms with Crippen molar-refractivity contribution in [2.45, 2.75) is 12.1 Å². The molecule has 4 heteroatoms. The van der Waals surface area contributed by atoms with E-state index in [1.807, 2.05) is 36.4 Å². The Hall–Kier alpha value is -2.75. The fourth-order valence-corrected chi connectivity index (χ4v) is 2.50. The van der Waals surface area contributed by atoms with Crippen LogP contribution in [0.25, 0.3) is 10.8 Å². The molecule has 1 atom stereocenters. The van der Waals surface area contributed by atoms with Gasteiger partial charge in [0.2, 0.25) is 0 Å². The average molecular weight is 295 g/mol. The molecule has 1 unspecified atom stereocenters. The first-order valence-corrected chi connectivity index (χ1v) is 6.91. The normalized spacial score (nSPS) is 13.7. The van der Waals surface area contributed by atoms with Crippen molar-refractivity contribution in [1.29, 1.82) is 0 Å². The first-order valence-electron chi connectivity index (χ1n) is 6.91. The SMILES string of the molecule is O=C(O)C(F)(Cc1ccc2ccccc2c1)c1ccccn1. The molecule has 0 saturated heterocycles. The van der Waals surface area contributed by atoms with E-state index in [0.29, 0.717) is 5.56 Å². The first-order chi connectivity index (χ1) is 10.6. The Labute approximate surface area is 127 Å². The van der Waals surface area contributed by atoms with Gasteiger partial charge in [-0.05, 0) is 28.5 Å². The lowest BCUT2D eigenvalue weighted by atomic mass is 9.91. The number of benzene rings is 2. The van der Waals surface area contributed by atoms with Crippen molar-refractivity contribution in [2.24, 2.45) is 0 Å². The molecular formula is C18H14FNO2. The number of aliphatic carboxylic acids is 1. The molecule has 0 aliphatic carbocycles. The molecular weight excluding hydrogens is 281 g/mol. The van der Waals surface area contributed by atoms with Crippen molar-refractivity contribution >= 4 is 16.7 Å². The maximum atomic E-state index is 15.1. The van der Waals surface area contributed by atoms with Crippen LogP contribution in [0, 0.1) is 0 Å². The maximum absolute atomic E-state index is 15.1. The molecule has 22 heavy (non-hydrogen) atoms. The minimum absolute atomic E-state index is 0.0874. The van der Waals surface area contributed by atoms with E-state index in [0.717, 1.165) is 10.8 Å². The van der Waals surface area contributed by atoms with Crippen molar-refractivity contribution in [3.8, 4) is 0 Å². The van der Waals surface area contributed by atoms with Crippen LogP contribution >= 0.6 is 0 Å². The summed E-state index contributed by atoms with van der Waals surface area (Å²) in [5.74, 6) is -1.53. The summed E-state index contributed by atoms with van der Waals surface area (Å²) in [4.78, 5) is 15.3. The third-order valence-electron chi connectivity index (χ3n) is 3.67. The van der Waals surface area contributed by atoms with E-state index in [4.69, 9.17) is 0 Å². The summed E-state index contributed by atoms with van der Waals surface area (Å²) in [6, 6.07) is 17.7. The predicted molar refractivity (Wildman–Crippen MR) is 82.3 cm³/mol. The molecule has 0 fully saturated rings. The van der Waals surface area contributed by atoms with Gasteiger partial charge >= 0.3 is 5.97 Å². The Morgan fingerprint density at radius 3 is 2.45 bits per heavy atom. The Kier molecular flexibility index (Phi) is 3.59. The highest BCUT2D eigenvalue weighted by Gasteiger charge is 2.42. The molecule has 0 bridgehead atoms. The smallest absolute Gasteiger partial charge is 0.348 e. The van der Waals surface area contributed by atoms with E-state index >= 15 is 4.39 Å². The molecule has 1 aromatic heterocycles. The number of carboxylic acid groups (broad SMARTS) is 1. The van der Waals surface area contributed by atoms with Crippen molar-refractivity contribution in [3.05, 3.63) is 78.1 Å². The number of carboxylic acids is 1. The fraction of sp³-hybridized carbons (Fsp3) is 0.111. The molecule has 3 aromatic rings. The highest BCUT2D eigenvalue weighted by atomic mass is 19.1. The standard InChI is InChI=1S/C18H14FNO2/c19-18(17(21)22,16-7-3-4-10-20-16)12-13-8-9-14-5-1-2-6-15(14)11-13/h1-11H,12H2,(H,21,22). The zero-order valence-electron chi connectivity index (χ0n) is 11.7. The Bertz CT molecular complexity index is 819. The molecule has 0 radical (unpaired) electrons. The van der Waals surface area contributed by atoms with Crippen LogP contribution in [-0.2, 0) is 16.9 Å². The number of pyridine rings is 1. The largest absolute Gasteiger partial charge is 0.479 e. The van der Waals surface area contributed by atoms with E-state index in [2.05, 4.69) is 4.98 Å². The zero-order valence-corrected chi connectivity index (χ0v) is 11.7. The lowest BCUT2D eigenvalue weighted by Crippen LogP contribution is -2.34. The summed E-state index contributed by atoms with van der Waals surface area (Å²) in [5, 5.41) is 11.3. The maximum Gasteiger partial charge on any atom is 0.348 e. The van der Waals surface area contributed by atoms with E-state index in [-0.39, 0.29) is 12.1 Å². The Morgan fingerprint density at radius 1 is 1.05 bits per heavy atom. The van der Waals surface area contributed by atoms with Gasteiger partial charge in [0, 0.05) is 12.6 Å². The number of hydrogen-bond donors (Lipinski definition) is 1. The third kappa shape index (κ3) is 2.55. The van der Waals surface area contributed by atoms with E-state index < -0.39 is 11.6 Å². The molecule has 0 spiro atoms. The van der Waals surface area contributed by atoms with Crippen molar-refractivity contribution in [1.82, 2.24) is 4.98 Å². The van der Waals surface area contributed by atoms with E-state index in [1.54, 1.807) is 18.2 Å².